The smallest absolute Gasteiger partial charge is 0.200 e. The normalized spacial score (nSPS) is 10.5. The molecule has 0 fully saturated rings. The molecule has 0 aromatic heterocycles. The van der Waals surface area contributed by atoms with Gasteiger partial charge in [-0.1, -0.05) is 6.07 Å². The van der Waals surface area contributed by atoms with E-state index in [1.807, 2.05) is 0 Å². The molecule has 0 spiro atoms. The molecule has 0 saturated carbocycles. The Bertz CT molecular complexity index is 612. The van der Waals surface area contributed by atoms with E-state index in [9.17, 15) is 30.6 Å². The first-order chi connectivity index (χ1) is 8.90. The van der Waals surface area contributed by atoms with E-state index in [0.717, 1.165) is 0 Å². The molecule has 6 nitrogen and oxygen atoms in total. The minimum absolute atomic E-state index is 0.0844. The fraction of sp³-hybridized carbons (Fsp3) is 0.0769. The molecule has 0 radical (unpaired) electrons. The third-order valence-electron chi connectivity index (χ3n) is 2.74. The van der Waals surface area contributed by atoms with E-state index in [4.69, 9.17) is 0 Å². The summed E-state index contributed by atoms with van der Waals surface area (Å²) >= 11 is 0. The molecule has 19 heavy (non-hydrogen) atoms. The largest absolute Gasteiger partial charge is 0.504 e. The third kappa shape index (κ3) is 2.28. The Morgan fingerprint density at radius 3 is 1.79 bits per heavy atom. The lowest BCUT2D eigenvalue weighted by atomic mass is 10.0. The molecule has 6 heteroatoms. The maximum atomic E-state index is 9.65. The third-order valence-corrected chi connectivity index (χ3v) is 2.74. The summed E-state index contributed by atoms with van der Waals surface area (Å²) in [6.45, 7) is 0. The van der Waals surface area contributed by atoms with Crippen molar-refractivity contribution in [2.75, 3.05) is 0 Å². The molecule has 0 aliphatic carbocycles. The highest BCUT2D eigenvalue weighted by Gasteiger charge is 2.13. The van der Waals surface area contributed by atoms with Gasteiger partial charge in [0.15, 0.2) is 28.7 Å². The molecular formula is C13H12O6. The van der Waals surface area contributed by atoms with Crippen molar-refractivity contribution in [1.29, 1.82) is 0 Å². The first kappa shape index (κ1) is 12.7. The van der Waals surface area contributed by atoms with Crippen LogP contribution in [0.15, 0.2) is 24.3 Å². The van der Waals surface area contributed by atoms with E-state index in [2.05, 4.69) is 0 Å². The van der Waals surface area contributed by atoms with Crippen LogP contribution in [0.1, 0.15) is 11.1 Å². The first-order valence-corrected chi connectivity index (χ1v) is 5.36. The number of phenols is 6. The van der Waals surface area contributed by atoms with Crippen LogP contribution in [0.3, 0.4) is 0 Å². The van der Waals surface area contributed by atoms with Crippen LogP contribution < -0.4 is 0 Å². The zero-order valence-corrected chi connectivity index (χ0v) is 9.70. The van der Waals surface area contributed by atoms with Crippen molar-refractivity contribution in [3.63, 3.8) is 0 Å². The van der Waals surface area contributed by atoms with Crippen LogP contribution in [0.2, 0.25) is 0 Å². The molecule has 0 amide bonds. The van der Waals surface area contributed by atoms with Crippen LogP contribution >= 0.6 is 0 Å². The van der Waals surface area contributed by atoms with Crippen molar-refractivity contribution < 1.29 is 30.6 Å². The van der Waals surface area contributed by atoms with E-state index in [-0.39, 0.29) is 6.42 Å². The molecule has 100 valence electrons. The average molecular weight is 264 g/mol. The lowest BCUT2D eigenvalue weighted by Gasteiger charge is -2.09. The standard InChI is InChI=1S/C13H12O6/c14-8-2-1-7(11(17)13(8)19)3-6-4-9(15)12(18)10(16)5-6/h1-2,4-5,14-19H,3H2. The molecule has 0 unspecified atom stereocenters. The molecule has 2 rings (SSSR count). The van der Waals surface area contributed by atoms with Crippen LogP contribution in [-0.2, 0) is 6.42 Å². The molecule has 0 aliphatic heterocycles. The van der Waals surface area contributed by atoms with Crippen LogP contribution in [0.5, 0.6) is 34.5 Å². The fourth-order valence-corrected chi connectivity index (χ4v) is 1.74. The molecule has 0 heterocycles. The second kappa shape index (κ2) is 4.49. The van der Waals surface area contributed by atoms with Gasteiger partial charge < -0.3 is 30.6 Å². The molecule has 0 bridgehead atoms. The Labute approximate surface area is 108 Å². The first-order valence-electron chi connectivity index (χ1n) is 5.36. The van der Waals surface area contributed by atoms with E-state index in [1.165, 1.54) is 24.3 Å². The lowest BCUT2D eigenvalue weighted by Crippen LogP contribution is -1.90. The molecule has 0 atom stereocenters. The summed E-state index contributed by atoms with van der Waals surface area (Å²) in [5.74, 6) is -3.16. The predicted octanol–water partition coefficient (Wildman–Crippen LogP) is 1.51. The quantitative estimate of drug-likeness (QED) is 0.457. The van der Waals surface area contributed by atoms with Gasteiger partial charge in [0.25, 0.3) is 0 Å². The van der Waals surface area contributed by atoms with E-state index in [1.54, 1.807) is 0 Å². The SMILES string of the molecule is Oc1cc(Cc2ccc(O)c(O)c2O)cc(O)c1O. The summed E-state index contributed by atoms with van der Waals surface area (Å²) < 4.78 is 0. The average Bonchev–Trinajstić information content (AvgIpc) is 2.36. The Balaban J connectivity index is 2.39. The molecule has 0 aliphatic rings. The van der Waals surface area contributed by atoms with Gasteiger partial charge in [0, 0.05) is 12.0 Å². The van der Waals surface area contributed by atoms with Gasteiger partial charge in [-0.2, -0.15) is 0 Å². The minimum atomic E-state index is -0.635. The molecule has 0 saturated heterocycles. The number of benzene rings is 2. The van der Waals surface area contributed by atoms with Crippen molar-refractivity contribution in [3.8, 4) is 34.5 Å². The van der Waals surface area contributed by atoms with Crippen LogP contribution in [0.4, 0.5) is 0 Å². The summed E-state index contributed by atoms with van der Waals surface area (Å²) in [7, 11) is 0. The van der Waals surface area contributed by atoms with E-state index >= 15 is 0 Å². The van der Waals surface area contributed by atoms with Crippen molar-refractivity contribution >= 4 is 0 Å². The molecule has 2 aromatic rings. The summed E-state index contributed by atoms with van der Waals surface area (Å²) in [4.78, 5) is 0. The maximum absolute atomic E-state index is 9.65. The van der Waals surface area contributed by atoms with Gasteiger partial charge in [0.1, 0.15) is 0 Å². The van der Waals surface area contributed by atoms with Gasteiger partial charge in [0.05, 0.1) is 0 Å². The Morgan fingerprint density at radius 2 is 1.21 bits per heavy atom. The number of phenolic OH excluding ortho intramolecular Hbond substituents is 6. The van der Waals surface area contributed by atoms with Gasteiger partial charge >= 0.3 is 0 Å². The van der Waals surface area contributed by atoms with E-state index < -0.39 is 34.5 Å². The molecule has 6 N–H and O–H groups in total. The second-order valence-corrected chi connectivity index (χ2v) is 4.10. The summed E-state index contributed by atoms with van der Waals surface area (Å²) in [5, 5.41) is 56.2. The van der Waals surface area contributed by atoms with Crippen LogP contribution in [0.25, 0.3) is 0 Å². The number of rotatable bonds is 2. The fourth-order valence-electron chi connectivity index (χ4n) is 1.74. The monoisotopic (exact) mass is 264 g/mol. The Kier molecular flexibility index (Phi) is 3.00. The zero-order chi connectivity index (χ0) is 14.2. The maximum Gasteiger partial charge on any atom is 0.200 e. The molecule has 2 aromatic carbocycles. The highest BCUT2D eigenvalue weighted by atomic mass is 16.3. The van der Waals surface area contributed by atoms with Crippen LogP contribution in [-0.4, -0.2) is 30.6 Å². The van der Waals surface area contributed by atoms with Gasteiger partial charge in [-0.05, 0) is 23.8 Å². The van der Waals surface area contributed by atoms with E-state index in [0.29, 0.717) is 11.1 Å². The predicted molar refractivity (Wildman–Crippen MR) is 65.7 cm³/mol. The lowest BCUT2D eigenvalue weighted by molar-refractivity contribution is 0.364. The Hall–Kier alpha value is -2.76. The number of hydrogen-bond acceptors (Lipinski definition) is 6. The van der Waals surface area contributed by atoms with Crippen molar-refractivity contribution in [2.45, 2.75) is 6.42 Å². The minimum Gasteiger partial charge on any atom is -0.504 e. The summed E-state index contributed by atoms with van der Waals surface area (Å²) in [6, 6.07) is 5.05. The van der Waals surface area contributed by atoms with Gasteiger partial charge in [-0.15, -0.1) is 0 Å². The number of hydrogen-bond donors (Lipinski definition) is 6. The summed E-state index contributed by atoms with van der Waals surface area (Å²) in [5.41, 5.74) is 0.702. The van der Waals surface area contributed by atoms with Crippen molar-refractivity contribution in [2.24, 2.45) is 0 Å². The van der Waals surface area contributed by atoms with Gasteiger partial charge in [-0.3, -0.25) is 0 Å². The van der Waals surface area contributed by atoms with Crippen LogP contribution in [0, 0.1) is 0 Å². The zero-order valence-electron chi connectivity index (χ0n) is 9.70. The topological polar surface area (TPSA) is 121 Å². The van der Waals surface area contributed by atoms with Gasteiger partial charge in [-0.25, -0.2) is 0 Å². The van der Waals surface area contributed by atoms with Gasteiger partial charge in [0.2, 0.25) is 5.75 Å². The van der Waals surface area contributed by atoms with Crippen molar-refractivity contribution in [3.05, 3.63) is 35.4 Å². The Morgan fingerprint density at radius 1 is 0.632 bits per heavy atom. The van der Waals surface area contributed by atoms with Crippen molar-refractivity contribution in [1.82, 2.24) is 0 Å². The highest BCUT2D eigenvalue weighted by Crippen LogP contribution is 2.40. The highest BCUT2D eigenvalue weighted by molar-refractivity contribution is 5.56. The molecular weight excluding hydrogens is 252 g/mol. The summed E-state index contributed by atoms with van der Waals surface area (Å²) in [6.07, 6.45) is 0.0844. The second-order valence-electron chi connectivity index (χ2n) is 4.10. The number of aromatic hydroxyl groups is 6.